The molecule has 0 radical (unpaired) electrons. The molecule has 10 heavy (non-hydrogen) atoms. The van der Waals surface area contributed by atoms with Crippen LogP contribution < -0.4 is 5.73 Å². The number of hydrogen-bond acceptors (Lipinski definition) is 3. The van der Waals surface area contributed by atoms with Gasteiger partial charge in [-0.1, -0.05) is 0 Å². The molecule has 1 saturated carbocycles. The van der Waals surface area contributed by atoms with E-state index in [0.717, 1.165) is 25.7 Å². The second kappa shape index (κ2) is 3.49. The first kappa shape index (κ1) is 7.45. The van der Waals surface area contributed by atoms with Gasteiger partial charge in [0.25, 0.3) is 0 Å². The molecule has 3 heteroatoms. The molecule has 0 aromatic carbocycles. The molecule has 1 aliphatic carbocycles. The van der Waals surface area contributed by atoms with Crippen molar-refractivity contribution in [3.63, 3.8) is 0 Å². The molecule has 1 fully saturated rings. The molecule has 1 rings (SSSR count). The van der Waals surface area contributed by atoms with Crippen LogP contribution in [0.3, 0.4) is 0 Å². The minimum absolute atomic E-state index is 0.206. The predicted octanol–water partition coefficient (Wildman–Crippen LogP) is 0.592. The highest BCUT2D eigenvalue weighted by atomic mass is 16.1. The Labute approximate surface area is 60.3 Å². The Morgan fingerprint density at radius 2 is 1.90 bits per heavy atom. The van der Waals surface area contributed by atoms with Crippen molar-refractivity contribution in [1.82, 2.24) is 0 Å². The van der Waals surface area contributed by atoms with E-state index in [2.05, 4.69) is 4.99 Å². The molecule has 3 nitrogen and oxygen atoms in total. The van der Waals surface area contributed by atoms with Crippen molar-refractivity contribution in [2.75, 3.05) is 0 Å². The average molecular weight is 140 g/mol. The maximum absolute atomic E-state index is 9.83. The lowest BCUT2D eigenvalue weighted by molar-refractivity contribution is 0.394. The summed E-state index contributed by atoms with van der Waals surface area (Å²) in [6.07, 6.45) is 5.49. The molecule has 2 N–H and O–H groups in total. The van der Waals surface area contributed by atoms with Crippen molar-refractivity contribution in [3.05, 3.63) is 0 Å². The average Bonchev–Trinajstić information content (AvgIpc) is 1.95. The van der Waals surface area contributed by atoms with E-state index in [1.54, 1.807) is 6.08 Å². The molecule has 0 amide bonds. The minimum atomic E-state index is 0.206. The molecule has 0 bridgehead atoms. The first-order chi connectivity index (χ1) is 4.83. The Bertz CT molecular complexity index is 144. The molecule has 0 spiro atoms. The largest absolute Gasteiger partial charge is 0.328 e. The van der Waals surface area contributed by atoms with Crippen LogP contribution in [-0.2, 0) is 4.79 Å². The fourth-order valence-corrected chi connectivity index (χ4v) is 1.31. The lowest BCUT2D eigenvalue weighted by Crippen LogP contribution is -2.27. The Kier molecular flexibility index (Phi) is 2.60. The zero-order valence-corrected chi connectivity index (χ0v) is 5.92. The molecule has 0 heterocycles. The van der Waals surface area contributed by atoms with Crippen LogP contribution in [0.5, 0.6) is 0 Å². The van der Waals surface area contributed by atoms with Crippen LogP contribution in [-0.4, -0.2) is 18.2 Å². The number of hydrogen-bond donors (Lipinski definition) is 1. The van der Waals surface area contributed by atoms with E-state index in [1.165, 1.54) is 0 Å². The van der Waals surface area contributed by atoms with Crippen LogP contribution in [0.2, 0.25) is 0 Å². The van der Waals surface area contributed by atoms with E-state index in [1.807, 2.05) is 0 Å². The van der Waals surface area contributed by atoms with Gasteiger partial charge in [0.1, 0.15) is 0 Å². The Balaban J connectivity index is 2.32. The number of rotatable bonds is 1. The van der Waals surface area contributed by atoms with Gasteiger partial charge < -0.3 is 5.73 Å². The second-order valence-electron chi connectivity index (χ2n) is 2.79. The monoisotopic (exact) mass is 140 g/mol. The van der Waals surface area contributed by atoms with Crippen LogP contribution >= 0.6 is 0 Å². The van der Waals surface area contributed by atoms with Gasteiger partial charge in [-0.15, -0.1) is 0 Å². The number of isocyanates is 1. The second-order valence-corrected chi connectivity index (χ2v) is 2.79. The molecule has 0 aromatic rings. The van der Waals surface area contributed by atoms with Gasteiger partial charge in [0.15, 0.2) is 0 Å². The highest BCUT2D eigenvalue weighted by molar-refractivity contribution is 5.33. The maximum Gasteiger partial charge on any atom is 0.235 e. The van der Waals surface area contributed by atoms with Crippen LogP contribution in [0.4, 0.5) is 0 Å². The van der Waals surface area contributed by atoms with E-state index < -0.39 is 0 Å². The topological polar surface area (TPSA) is 55.4 Å². The van der Waals surface area contributed by atoms with E-state index in [-0.39, 0.29) is 6.04 Å². The highest BCUT2D eigenvalue weighted by Gasteiger charge is 2.16. The van der Waals surface area contributed by atoms with Crippen molar-refractivity contribution in [3.8, 4) is 0 Å². The van der Waals surface area contributed by atoms with Crippen molar-refractivity contribution >= 4 is 6.08 Å². The van der Waals surface area contributed by atoms with Gasteiger partial charge in [0, 0.05) is 6.04 Å². The maximum atomic E-state index is 9.83. The Morgan fingerprint density at radius 3 is 2.40 bits per heavy atom. The third-order valence-corrected chi connectivity index (χ3v) is 1.98. The normalized spacial score (nSPS) is 32.9. The zero-order chi connectivity index (χ0) is 7.40. The van der Waals surface area contributed by atoms with Crippen LogP contribution in [0.1, 0.15) is 25.7 Å². The number of carbonyl (C=O) groups excluding carboxylic acids is 1. The fraction of sp³-hybridized carbons (Fsp3) is 0.857. The molecule has 0 atom stereocenters. The zero-order valence-electron chi connectivity index (χ0n) is 5.92. The lowest BCUT2D eigenvalue weighted by Gasteiger charge is -2.21. The van der Waals surface area contributed by atoms with Gasteiger partial charge in [0.05, 0.1) is 6.04 Å². The summed E-state index contributed by atoms with van der Waals surface area (Å²) < 4.78 is 0. The molecular formula is C7H12N2O. The molecule has 0 aromatic heterocycles. The van der Waals surface area contributed by atoms with Crippen LogP contribution in [0, 0.1) is 0 Å². The third-order valence-electron chi connectivity index (χ3n) is 1.98. The molecule has 0 saturated heterocycles. The van der Waals surface area contributed by atoms with Crippen molar-refractivity contribution in [1.29, 1.82) is 0 Å². The van der Waals surface area contributed by atoms with Crippen LogP contribution in [0.25, 0.3) is 0 Å². The minimum Gasteiger partial charge on any atom is -0.328 e. The van der Waals surface area contributed by atoms with Gasteiger partial charge in [-0.3, -0.25) is 0 Å². The Morgan fingerprint density at radius 1 is 1.30 bits per heavy atom. The summed E-state index contributed by atoms with van der Waals surface area (Å²) in [5.74, 6) is 0. The van der Waals surface area contributed by atoms with E-state index in [4.69, 9.17) is 5.73 Å². The standard InChI is InChI=1S/C7H12N2O/c8-6-1-3-7(4-2-6)9-5-10/h6-7H,1-4,8H2. The van der Waals surface area contributed by atoms with Crippen molar-refractivity contribution in [2.24, 2.45) is 10.7 Å². The van der Waals surface area contributed by atoms with Crippen molar-refractivity contribution < 1.29 is 4.79 Å². The molecular weight excluding hydrogens is 128 g/mol. The van der Waals surface area contributed by atoms with Gasteiger partial charge >= 0.3 is 0 Å². The summed E-state index contributed by atoms with van der Waals surface area (Å²) in [6, 6.07) is 0.537. The molecule has 0 unspecified atom stereocenters. The number of nitrogens with zero attached hydrogens (tertiary/aromatic N) is 1. The van der Waals surface area contributed by atoms with Gasteiger partial charge in [0.2, 0.25) is 6.08 Å². The quantitative estimate of drug-likeness (QED) is 0.428. The molecule has 56 valence electrons. The van der Waals surface area contributed by atoms with Gasteiger partial charge in [-0.05, 0) is 25.7 Å². The van der Waals surface area contributed by atoms with Gasteiger partial charge in [-0.2, -0.15) is 0 Å². The predicted molar refractivity (Wildman–Crippen MR) is 38.4 cm³/mol. The van der Waals surface area contributed by atoms with Gasteiger partial charge in [-0.25, -0.2) is 9.79 Å². The van der Waals surface area contributed by atoms with Crippen molar-refractivity contribution in [2.45, 2.75) is 37.8 Å². The molecule has 1 aliphatic rings. The highest BCUT2D eigenvalue weighted by Crippen LogP contribution is 2.18. The van der Waals surface area contributed by atoms with E-state index in [0.29, 0.717) is 6.04 Å². The first-order valence-corrected chi connectivity index (χ1v) is 3.65. The first-order valence-electron chi connectivity index (χ1n) is 3.65. The third kappa shape index (κ3) is 1.94. The summed E-state index contributed by atoms with van der Waals surface area (Å²) in [4.78, 5) is 13.5. The smallest absolute Gasteiger partial charge is 0.235 e. The lowest BCUT2D eigenvalue weighted by atomic mass is 9.92. The molecule has 0 aliphatic heterocycles. The fourth-order valence-electron chi connectivity index (χ4n) is 1.31. The summed E-state index contributed by atoms with van der Waals surface area (Å²) >= 11 is 0. The summed E-state index contributed by atoms with van der Waals surface area (Å²) in [5.41, 5.74) is 5.65. The SMILES string of the molecule is NC1CCC(N=C=O)CC1. The Hall–Kier alpha value is -0.660. The van der Waals surface area contributed by atoms with E-state index in [9.17, 15) is 4.79 Å². The number of nitrogens with two attached hydrogens (primary N) is 1. The summed E-state index contributed by atoms with van der Waals surface area (Å²) in [5, 5.41) is 0. The number of aliphatic imine (C=N–C) groups is 1. The summed E-state index contributed by atoms with van der Waals surface area (Å²) in [6.45, 7) is 0. The summed E-state index contributed by atoms with van der Waals surface area (Å²) in [7, 11) is 0. The van der Waals surface area contributed by atoms with Crippen LogP contribution in [0.15, 0.2) is 4.99 Å². The van der Waals surface area contributed by atoms with E-state index >= 15 is 0 Å².